The van der Waals surface area contributed by atoms with E-state index >= 15 is 0 Å². The van der Waals surface area contributed by atoms with Crippen LogP contribution >= 0.6 is 15.9 Å². The van der Waals surface area contributed by atoms with E-state index in [1.807, 2.05) is 45.9 Å². The summed E-state index contributed by atoms with van der Waals surface area (Å²) in [6, 6.07) is 0. The van der Waals surface area contributed by atoms with Gasteiger partial charge in [-0.1, -0.05) is 48.0 Å². The molecule has 0 radical (unpaired) electrons. The van der Waals surface area contributed by atoms with Crippen LogP contribution in [0.5, 0.6) is 0 Å². The average molecular weight is 650 g/mol. The molecule has 3 fully saturated rings. The lowest BCUT2D eigenvalue weighted by molar-refractivity contribution is -0.346. The Morgan fingerprint density at radius 3 is 2.44 bits per heavy atom. The van der Waals surface area contributed by atoms with Crippen molar-refractivity contribution in [2.45, 2.75) is 133 Å². The fourth-order valence-corrected chi connectivity index (χ4v) is 6.43. The minimum absolute atomic E-state index is 0.0113. The number of halogens is 1. The number of esters is 1. The predicted molar refractivity (Wildman–Crippen MR) is 155 cm³/mol. The summed E-state index contributed by atoms with van der Waals surface area (Å²) >= 11 is 3.23. The normalized spacial score (nSPS) is 44.9. The van der Waals surface area contributed by atoms with E-state index in [0.717, 1.165) is 0 Å². The number of methoxy groups -OCH3 is 2. The van der Waals surface area contributed by atoms with Gasteiger partial charge in [-0.25, -0.2) is 0 Å². The van der Waals surface area contributed by atoms with E-state index in [9.17, 15) is 20.1 Å². The Morgan fingerprint density at radius 2 is 1.78 bits per heavy atom. The molecule has 0 aliphatic carbocycles. The Morgan fingerprint density at radius 1 is 1.07 bits per heavy atom. The molecule has 0 saturated carbocycles. The molecule has 12 atom stereocenters. The van der Waals surface area contributed by atoms with Crippen molar-refractivity contribution >= 4 is 21.9 Å². The van der Waals surface area contributed by atoms with Gasteiger partial charge < -0.3 is 43.7 Å². The molecule has 3 heterocycles. The number of rotatable bonds is 8. The molecule has 10 nitrogen and oxygen atoms in total. The van der Waals surface area contributed by atoms with Gasteiger partial charge in [-0.2, -0.15) is 0 Å². The van der Waals surface area contributed by atoms with E-state index in [1.165, 1.54) is 14.2 Å². The highest BCUT2D eigenvalue weighted by Gasteiger charge is 2.51. The minimum Gasteiger partial charge on any atom is -0.459 e. The smallest absolute Gasteiger partial charge is 0.311 e. The minimum atomic E-state index is -1.83. The summed E-state index contributed by atoms with van der Waals surface area (Å²) in [4.78, 5) is 15.0. The highest BCUT2D eigenvalue weighted by Crippen LogP contribution is 2.41. The number of cyclic esters (lactones) is 1. The Kier molecular flexibility index (Phi) is 12.8. The Bertz CT molecular complexity index is 900. The molecule has 0 unspecified atom stereocenters. The van der Waals surface area contributed by atoms with Gasteiger partial charge in [0.15, 0.2) is 12.1 Å². The maximum Gasteiger partial charge on any atom is 0.311 e. The molecule has 0 amide bonds. The van der Waals surface area contributed by atoms with Crippen molar-refractivity contribution in [2.75, 3.05) is 14.2 Å². The summed E-state index contributed by atoms with van der Waals surface area (Å²) in [7, 11) is 3.03. The number of aliphatic hydroxyl groups excluding tert-OH is 2. The summed E-state index contributed by atoms with van der Waals surface area (Å²) in [5, 5.41) is 33.7. The SMILES string of the molecule is CO[C@@H]1[C@@H](OC)[C@@H](O)[C@H](O[C@H]2C[C@@]3(O)CC(=O)O[C@@](C)(CC/C=C/C=C/Br)C[C@H](O)[C@@H](C)CC[C@H](O3)[C@@H]2C)O[C@H]1C. The third-order valence-corrected chi connectivity index (χ3v) is 9.12. The lowest BCUT2D eigenvalue weighted by atomic mass is 9.81. The molecule has 236 valence electrons. The summed E-state index contributed by atoms with van der Waals surface area (Å²) in [6.45, 7) is 7.57. The van der Waals surface area contributed by atoms with Crippen LogP contribution in [0.2, 0.25) is 0 Å². The number of fused-ring (bicyclic) bond motifs is 2. The first-order valence-electron chi connectivity index (χ1n) is 14.6. The van der Waals surface area contributed by atoms with Crippen LogP contribution in [-0.4, -0.2) is 95.9 Å². The van der Waals surface area contributed by atoms with Crippen molar-refractivity contribution < 1.29 is 48.5 Å². The zero-order chi connectivity index (χ0) is 30.4. The van der Waals surface area contributed by atoms with E-state index in [1.54, 1.807) is 4.99 Å². The van der Waals surface area contributed by atoms with Gasteiger partial charge in [0, 0.05) is 33.0 Å². The molecule has 2 bridgehead atoms. The maximum absolute atomic E-state index is 13.3. The number of carbonyl (C=O) groups is 1. The molecule has 3 saturated heterocycles. The zero-order valence-corrected chi connectivity index (χ0v) is 26.7. The predicted octanol–water partition coefficient (Wildman–Crippen LogP) is 3.74. The Hall–Kier alpha value is -0.890. The monoisotopic (exact) mass is 648 g/mol. The molecule has 11 heteroatoms. The Balaban J connectivity index is 1.81. The summed E-state index contributed by atoms with van der Waals surface area (Å²) in [5.74, 6) is -2.74. The first-order chi connectivity index (χ1) is 19.3. The quantitative estimate of drug-likeness (QED) is 0.264. The van der Waals surface area contributed by atoms with Crippen LogP contribution in [-0.2, 0) is 33.2 Å². The third kappa shape index (κ3) is 9.06. The maximum atomic E-state index is 13.3. The van der Waals surface area contributed by atoms with Crippen LogP contribution in [0.25, 0.3) is 0 Å². The highest BCUT2D eigenvalue weighted by molar-refractivity contribution is 9.11. The molecule has 0 spiro atoms. The average Bonchev–Trinajstić information content (AvgIpc) is 2.90. The molecule has 0 aromatic heterocycles. The van der Waals surface area contributed by atoms with Crippen molar-refractivity contribution in [2.24, 2.45) is 11.8 Å². The molecule has 0 aromatic carbocycles. The molecule has 0 aromatic rings. The van der Waals surface area contributed by atoms with Crippen LogP contribution in [0.4, 0.5) is 0 Å². The van der Waals surface area contributed by atoms with E-state index in [-0.39, 0.29) is 18.3 Å². The second-order valence-corrected chi connectivity index (χ2v) is 12.7. The highest BCUT2D eigenvalue weighted by atomic mass is 79.9. The van der Waals surface area contributed by atoms with Crippen LogP contribution in [0.3, 0.4) is 0 Å². The first kappa shape index (κ1) is 34.6. The fraction of sp³-hybridized carbons (Fsp3) is 0.833. The number of carbonyl (C=O) groups excluding carboxylic acids is 1. The van der Waals surface area contributed by atoms with Gasteiger partial charge in [-0.3, -0.25) is 4.79 Å². The molecular formula is C30H49BrO10. The summed E-state index contributed by atoms with van der Waals surface area (Å²) < 4.78 is 35.4. The first-order valence-corrected chi connectivity index (χ1v) is 15.5. The van der Waals surface area contributed by atoms with Crippen molar-refractivity contribution in [3.05, 3.63) is 23.2 Å². The van der Waals surface area contributed by atoms with E-state index in [4.69, 9.17) is 28.4 Å². The second-order valence-electron chi connectivity index (χ2n) is 12.2. The number of hydrogen-bond donors (Lipinski definition) is 3. The number of ether oxygens (including phenoxy) is 6. The van der Waals surface area contributed by atoms with Crippen molar-refractivity contribution in [3.63, 3.8) is 0 Å². The van der Waals surface area contributed by atoms with Gasteiger partial charge in [0.05, 0.1) is 30.8 Å². The van der Waals surface area contributed by atoms with Gasteiger partial charge >= 0.3 is 5.97 Å². The number of aliphatic hydroxyl groups is 3. The zero-order valence-electron chi connectivity index (χ0n) is 25.1. The van der Waals surface area contributed by atoms with Crippen LogP contribution in [0, 0.1) is 11.8 Å². The summed E-state index contributed by atoms with van der Waals surface area (Å²) in [5.41, 5.74) is -0.927. The van der Waals surface area contributed by atoms with Crippen LogP contribution < -0.4 is 0 Å². The van der Waals surface area contributed by atoms with Gasteiger partial charge in [0.25, 0.3) is 0 Å². The van der Waals surface area contributed by atoms with Gasteiger partial charge in [0.1, 0.15) is 23.9 Å². The topological polar surface area (TPSA) is 133 Å². The van der Waals surface area contributed by atoms with E-state index in [2.05, 4.69) is 15.9 Å². The van der Waals surface area contributed by atoms with Crippen molar-refractivity contribution in [1.29, 1.82) is 0 Å². The molecule has 3 rings (SSSR count). The Labute approximate surface area is 252 Å². The molecule has 3 aliphatic rings. The second kappa shape index (κ2) is 15.2. The van der Waals surface area contributed by atoms with Gasteiger partial charge in [0.2, 0.25) is 0 Å². The van der Waals surface area contributed by atoms with Crippen molar-refractivity contribution in [1.82, 2.24) is 0 Å². The van der Waals surface area contributed by atoms with E-state index < -0.39 is 72.8 Å². The molecular weight excluding hydrogens is 600 g/mol. The van der Waals surface area contributed by atoms with Crippen molar-refractivity contribution in [3.8, 4) is 0 Å². The fourth-order valence-electron chi connectivity index (χ4n) is 6.25. The lowest BCUT2D eigenvalue weighted by Gasteiger charge is -2.48. The standard InChI is InChI=1S/C30H49BrO10/c1-18-11-12-22-19(2)23(39-28-25(34)27(37-6)26(36-5)20(3)38-28)16-30(35,40-22)17-24(33)41-29(4,15-21(18)32)13-9-7-8-10-14-31/h7-8,10,14,18-23,25-28,32,34-35H,9,11-13,15-17H2,1-6H3/b8-7+,14-10+/t18-,19-,20-,21-,22-,23-,25+,26-,27-,28-,29-,30-/m0/s1. The van der Waals surface area contributed by atoms with Gasteiger partial charge in [-0.15, -0.1) is 0 Å². The van der Waals surface area contributed by atoms with Crippen LogP contribution in [0.15, 0.2) is 23.2 Å². The molecule has 3 N–H and O–H groups in total. The largest absolute Gasteiger partial charge is 0.459 e. The summed E-state index contributed by atoms with van der Waals surface area (Å²) in [6.07, 6.45) is 2.49. The molecule has 3 aliphatic heterocycles. The number of allylic oxidation sites excluding steroid dienone is 3. The van der Waals surface area contributed by atoms with E-state index in [0.29, 0.717) is 32.1 Å². The number of hydrogen-bond acceptors (Lipinski definition) is 10. The van der Waals surface area contributed by atoms with Gasteiger partial charge in [-0.05, 0) is 50.4 Å². The third-order valence-electron chi connectivity index (χ3n) is 8.81. The van der Waals surface area contributed by atoms with Crippen LogP contribution in [0.1, 0.15) is 72.6 Å². The molecule has 41 heavy (non-hydrogen) atoms. The lowest BCUT2D eigenvalue weighted by Crippen LogP contribution is -2.61.